The fourth-order valence-electron chi connectivity index (χ4n) is 2.87. The van der Waals surface area contributed by atoms with Crippen LogP contribution in [-0.4, -0.2) is 28.8 Å². The molecule has 2 N–H and O–H groups in total. The van der Waals surface area contributed by atoms with Crippen molar-refractivity contribution in [1.82, 2.24) is 10.5 Å². The van der Waals surface area contributed by atoms with Gasteiger partial charge in [0.15, 0.2) is 0 Å². The van der Waals surface area contributed by atoms with E-state index in [0.717, 1.165) is 37.8 Å². The molecule has 0 aromatic carbocycles. The van der Waals surface area contributed by atoms with Gasteiger partial charge in [-0.2, -0.15) is 0 Å². The SMILES string of the molecule is CCC(C)c1cc(C(=O)NC2CCCCCC2CO)on1. The van der Waals surface area contributed by atoms with E-state index in [0.29, 0.717) is 5.92 Å². The zero-order chi connectivity index (χ0) is 15.2. The van der Waals surface area contributed by atoms with Gasteiger partial charge in [0.2, 0.25) is 5.76 Å². The quantitative estimate of drug-likeness (QED) is 0.819. The fourth-order valence-corrected chi connectivity index (χ4v) is 2.87. The molecular formula is C16H26N2O3. The molecule has 3 unspecified atom stereocenters. The lowest BCUT2D eigenvalue weighted by molar-refractivity contribution is 0.0862. The predicted molar refractivity (Wildman–Crippen MR) is 80.1 cm³/mol. The van der Waals surface area contributed by atoms with Gasteiger partial charge in [-0.3, -0.25) is 4.79 Å². The Morgan fingerprint density at radius 1 is 1.48 bits per heavy atom. The summed E-state index contributed by atoms with van der Waals surface area (Å²) in [4.78, 5) is 12.3. The minimum Gasteiger partial charge on any atom is -0.396 e. The Bertz CT molecular complexity index is 458. The molecule has 1 aromatic heterocycles. The van der Waals surface area contributed by atoms with Crippen molar-refractivity contribution in [3.05, 3.63) is 17.5 Å². The average Bonchev–Trinajstić information content (AvgIpc) is 2.89. The molecule has 5 nitrogen and oxygen atoms in total. The third kappa shape index (κ3) is 4.06. The van der Waals surface area contributed by atoms with Crippen LogP contribution in [0.2, 0.25) is 0 Å². The van der Waals surface area contributed by atoms with Crippen LogP contribution in [0.1, 0.15) is 74.5 Å². The van der Waals surface area contributed by atoms with E-state index in [1.165, 1.54) is 6.42 Å². The summed E-state index contributed by atoms with van der Waals surface area (Å²) in [6.45, 7) is 4.27. The molecule has 1 aromatic rings. The lowest BCUT2D eigenvalue weighted by Gasteiger charge is -2.23. The Kier molecular flexibility index (Phi) is 5.79. The Labute approximate surface area is 126 Å². The van der Waals surface area contributed by atoms with E-state index < -0.39 is 0 Å². The number of aliphatic hydroxyl groups is 1. The van der Waals surface area contributed by atoms with Crippen LogP contribution in [0.5, 0.6) is 0 Å². The van der Waals surface area contributed by atoms with E-state index in [-0.39, 0.29) is 30.2 Å². The molecule has 1 aliphatic carbocycles. The number of rotatable bonds is 5. The number of hydrogen-bond donors (Lipinski definition) is 2. The minimum atomic E-state index is -0.220. The van der Waals surface area contributed by atoms with Gasteiger partial charge in [-0.25, -0.2) is 0 Å². The van der Waals surface area contributed by atoms with Crippen LogP contribution >= 0.6 is 0 Å². The molecule has 5 heteroatoms. The maximum atomic E-state index is 12.3. The van der Waals surface area contributed by atoms with Gasteiger partial charge >= 0.3 is 0 Å². The van der Waals surface area contributed by atoms with E-state index >= 15 is 0 Å². The number of carbonyl (C=O) groups is 1. The molecule has 2 rings (SSSR count). The van der Waals surface area contributed by atoms with Gasteiger partial charge in [-0.05, 0) is 19.3 Å². The summed E-state index contributed by atoms with van der Waals surface area (Å²) in [6, 6.07) is 1.76. The molecule has 1 fully saturated rings. The van der Waals surface area contributed by atoms with Gasteiger partial charge < -0.3 is 14.9 Å². The Hall–Kier alpha value is -1.36. The molecule has 1 heterocycles. The predicted octanol–water partition coefficient (Wildman–Crippen LogP) is 2.86. The zero-order valence-corrected chi connectivity index (χ0v) is 13.0. The Morgan fingerprint density at radius 2 is 2.24 bits per heavy atom. The summed E-state index contributed by atoms with van der Waals surface area (Å²) in [5.74, 6) is 0.486. The minimum absolute atomic E-state index is 0.0298. The van der Waals surface area contributed by atoms with Crippen molar-refractivity contribution < 1.29 is 14.4 Å². The summed E-state index contributed by atoms with van der Waals surface area (Å²) in [7, 11) is 0. The van der Waals surface area contributed by atoms with Crippen molar-refractivity contribution in [2.24, 2.45) is 5.92 Å². The van der Waals surface area contributed by atoms with Crippen molar-refractivity contribution in [2.75, 3.05) is 6.61 Å². The first kappa shape index (κ1) is 16.0. The first-order valence-electron chi connectivity index (χ1n) is 8.04. The molecule has 0 spiro atoms. The molecule has 1 saturated carbocycles. The molecule has 0 radical (unpaired) electrons. The van der Waals surface area contributed by atoms with Crippen LogP contribution in [-0.2, 0) is 0 Å². The summed E-state index contributed by atoms with van der Waals surface area (Å²) in [5, 5.41) is 16.5. The van der Waals surface area contributed by atoms with Gasteiger partial charge in [0.1, 0.15) is 0 Å². The molecule has 0 bridgehead atoms. The second-order valence-electron chi connectivity index (χ2n) is 6.09. The van der Waals surface area contributed by atoms with E-state index in [1.807, 2.05) is 0 Å². The molecule has 1 aliphatic rings. The van der Waals surface area contributed by atoms with Gasteiger partial charge in [0.05, 0.1) is 5.69 Å². The molecule has 1 amide bonds. The molecule has 21 heavy (non-hydrogen) atoms. The molecular weight excluding hydrogens is 268 g/mol. The van der Waals surface area contributed by atoms with Crippen molar-refractivity contribution in [3.8, 4) is 0 Å². The highest BCUT2D eigenvalue weighted by Crippen LogP contribution is 2.24. The normalized spacial score (nSPS) is 24.3. The van der Waals surface area contributed by atoms with Crippen LogP contribution in [0.15, 0.2) is 10.6 Å². The van der Waals surface area contributed by atoms with E-state index in [1.54, 1.807) is 6.07 Å². The number of aromatic nitrogens is 1. The van der Waals surface area contributed by atoms with E-state index in [9.17, 15) is 9.90 Å². The van der Waals surface area contributed by atoms with Crippen molar-refractivity contribution in [2.45, 2.75) is 64.3 Å². The second kappa shape index (κ2) is 7.59. The zero-order valence-electron chi connectivity index (χ0n) is 13.0. The number of nitrogens with zero attached hydrogens (tertiary/aromatic N) is 1. The molecule has 118 valence electrons. The molecule has 0 aliphatic heterocycles. The lowest BCUT2D eigenvalue weighted by atomic mass is 9.95. The van der Waals surface area contributed by atoms with Gasteiger partial charge in [0, 0.05) is 30.6 Å². The first-order chi connectivity index (χ1) is 10.2. The Balaban J connectivity index is 2.00. The summed E-state index contributed by atoms with van der Waals surface area (Å²) < 4.78 is 5.17. The number of hydrogen-bond acceptors (Lipinski definition) is 4. The smallest absolute Gasteiger partial charge is 0.290 e. The van der Waals surface area contributed by atoms with Crippen LogP contribution in [0, 0.1) is 5.92 Å². The number of aliphatic hydroxyl groups excluding tert-OH is 1. The van der Waals surface area contributed by atoms with Crippen molar-refractivity contribution in [1.29, 1.82) is 0 Å². The summed E-state index contributed by atoms with van der Waals surface area (Å²) >= 11 is 0. The standard InChI is InChI=1S/C16H26N2O3/c1-3-11(2)14-9-15(21-18-14)16(20)17-13-8-6-4-5-7-12(13)10-19/h9,11-13,19H,3-8,10H2,1-2H3,(H,17,20). The summed E-state index contributed by atoms with van der Waals surface area (Å²) in [6.07, 6.45) is 6.24. The van der Waals surface area contributed by atoms with Crippen LogP contribution in [0.4, 0.5) is 0 Å². The monoisotopic (exact) mass is 294 g/mol. The van der Waals surface area contributed by atoms with E-state index in [4.69, 9.17) is 4.52 Å². The highest BCUT2D eigenvalue weighted by atomic mass is 16.5. The van der Waals surface area contributed by atoms with Gasteiger partial charge in [-0.15, -0.1) is 0 Å². The lowest BCUT2D eigenvalue weighted by Crippen LogP contribution is -2.41. The van der Waals surface area contributed by atoms with Crippen LogP contribution < -0.4 is 5.32 Å². The van der Waals surface area contributed by atoms with Crippen molar-refractivity contribution >= 4 is 5.91 Å². The summed E-state index contributed by atoms with van der Waals surface area (Å²) in [5.41, 5.74) is 0.822. The third-order valence-electron chi connectivity index (χ3n) is 4.58. The van der Waals surface area contributed by atoms with E-state index in [2.05, 4.69) is 24.3 Å². The maximum Gasteiger partial charge on any atom is 0.290 e. The fraction of sp³-hybridized carbons (Fsp3) is 0.750. The average molecular weight is 294 g/mol. The van der Waals surface area contributed by atoms with Crippen LogP contribution in [0.3, 0.4) is 0 Å². The number of carbonyl (C=O) groups excluding carboxylic acids is 1. The first-order valence-corrected chi connectivity index (χ1v) is 8.04. The Morgan fingerprint density at radius 3 is 2.95 bits per heavy atom. The van der Waals surface area contributed by atoms with Gasteiger partial charge in [-0.1, -0.05) is 38.3 Å². The van der Waals surface area contributed by atoms with Crippen LogP contribution in [0.25, 0.3) is 0 Å². The topological polar surface area (TPSA) is 75.4 Å². The molecule has 3 atom stereocenters. The number of amides is 1. The van der Waals surface area contributed by atoms with Crippen molar-refractivity contribution in [3.63, 3.8) is 0 Å². The highest BCUT2D eigenvalue weighted by molar-refractivity contribution is 5.91. The largest absolute Gasteiger partial charge is 0.396 e. The highest BCUT2D eigenvalue weighted by Gasteiger charge is 2.26. The van der Waals surface area contributed by atoms with Gasteiger partial charge in [0.25, 0.3) is 5.91 Å². The number of nitrogens with one attached hydrogen (secondary N) is 1. The second-order valence-corrected chi connectivity index (χ2v) is 6.09. The molecule has 0 saturated heterocycles. The maximum absolute atomic E-state index is 12.3. The third-order valence-corrected chi connectivity index (χ3v) is 4.58.